The predicted octanol–water partition coefficient (Wildman–Crippen LogP) is 4.39. The van der Waals surface area contributed by atoms with Crippen molar-refractivity contribution in [3.8, 4) is 0 Å². The van der Waals surface area contributed by atoms with Crippen LogP contribution in [0.3, 0.4) is 0 Å². The van der Waals surface area contributed by atoms with E-state index in [0.29, 0.717) is 6.42 Å². The van der Waals surface area contributed by atoms with Gasteiger partial charge in [-0.15, -0.1) is 0 Å². The van der Waals surface area contributed by atoms with E-state index in [1.807, 2.05) is 24.3 Å². The van der Waals surface area contributed by atoms with Crippen LogP contribution >= 0.6 is 0 Å². The average molecular weight is 328 g/mol. The lowest BCUT2D eigenvalue weighted by Crippen LogP contribution is -2.23. The third kappa shape index (κ3) is 3.41. The molecule has 4 rings (SSSR count). The first-order valence-electron chi connectivity index (χ1n) is 8.54. The molecule has 1 aliphatic rings. The molecule has 3 aromatic rings. The molecular formula is C22H20N2O. The van der Waals surface area contributed by atoms with Gasteiger partial charge in [-0.25, -0.2) is 0 Å². The van der Waals surface area contributed by atoms with E-state index in [0.717, 1.165) is 30.0 Å². The molecule has 3 nitrogen and oxygen atoms in total. The number of hydrogen-bond donors (Lipinski definition) is 1. The fourth-order valence-electron chi connectivity index (χ4n) is 3.36. The van der Waals surface area contributed by atoms with E-state index in [-0.39, 0.29) is 5.91 Å². The molecule has 0 aliphatic carbocycles. The van der Waals surface area contributed by atoms with Crippen LogP contribution in [0.2, 0.25) is 0 Å². The molecule has 1 aliphatic heterocycles. The summed E-state index contributed by atoms with van der Waals surface area (Å²) in [6.07, 6.45) is 0.450. The molecule has 0 fully saturated rings. The topological polar surface area (TPSA) is 32.3 Å². The van der Waals surface area contributed by atoms with Gasteiger partial charge in [-0.3, -0.25) is 4.79 Å². The lowest BCUT2D eigenvalue weighted by Gasteiger charge is -2.27. The predicted molar refractivity (Wildman–Crippen MR) is 102 cm³/mol. The maximum atomic E-state index is 11.9. The van der Waals surface area contributed by atoms with Crippen molar-refractivity contribution in [3.63, 3.8) is 0 Å². The minimum Gasteiger partial charge on any atom is -0.363 e. The van der Waals surface area contributed by atoms with Crippen LogP contribution in [0, 0.1) is 0 Å². The Morgan fingerprint density at radius 3 is 1.96 bits per heavy atom. The first-order valence-corrected chi connectivity index (χ1v) is 8.54. The normalized spacial score (nSPS) is 12.6. The molecule has 1 heterocycles. The van der Waals surface area contributed by atoms with Gasteiger partial charge in [0.1, 0.15) is 0 Å². The summed E-state index contributed by atoms with van der Waals surface area (Å²) in [6.45, 7) is 1.61. The van der Waals surface area contributed by atoms with E-state index in [9.17, 15) is 4.79 Å². The number of fused-ring (bicyclic) bond motifs is 1. The molecule has 3 heteroatoms. The fourth-order valence-corrected chi connectivity index (χ4v) is 3.36. The van der Waals surface area contributed by atoms with Crippen molar-refractivity contribution in [1.29, 1.82) is 0 Å². The number of rotatable bonds is 5. The van der Waals surface area contributed by atoms with Crippen molar-refractivity contribution >= 4 is 17.3 Å². The molecule has 0 unspecified atom stereocenters. The zero-order valence-corrected chi connectivity index (χ0v) is 14.0. The first kappa shape index (κ1) is 15.5. The van der Waals surface area contributed by atoms with Crippen molar-refractivity contribution in [1.82, 2.24) is 0 Å². The van der Waals surface area contributed by atoms with Crippen molar-refractivity contribution in [3.05, 3.63) is 95.6 Å². The summed E-state index contributed by atoms with van der Waals surface area (Å²) in [6, 6.07) is 27.0. The van der Waals surface area contributed by atoms with Gasteiger partial charge in [0, 0.05) is 30.0 Å². The number of hydrogen-bond acceptors (Lipinski definition) is 2. The van der Waals surface area contributed by atoms with Gasteiger partial charge >= 0.3 is 0 Å². The molecule has 0 saturated carbocycles. The molecule has 0 atom stereocenters. The summed E-state index contributed by atoms with van der Waals surface area (Å²) in [7, 11) is 0. The quantitative estimate of drug-likeness (QED) is 0.753. The van der Waals surface area contributed by atoms with Crippen LogP contribution in [-0.2, 0) is 24.3 Å². The molecule has 3 aromatic carbocycles. The van der Waals surface area contributed by atoms with E-state index in [4.69, 9.17) is 0 Å². The summed E-state index contributed by atoms with van der Waals surface area (Å²) < 4.78 is 0. The average Bonchev–Trinajstić information content (AvgIpc) is 3.03. The Balaban J connectivity index is 1.71. The summed E-state index contributed by atoms with van der Waals surface area (Å²) in [4.78, 5) is 14.2. The fraction of sp³-hybridized carbons (Fsp3) is 0.136. The largest absolute Gasteiger partial charge is 0.363 e. The summed E-state index contributed by atoms with van der Waals surface area (Å²) in [5.41, 5.74) is 5.68. The van der Waals surface area contributed by atoms with E-state index in [1.54, 1.807) is 0 Å². The third-order valence-electron chi connectivity index (χ3n) is 4.54. The van der Waals surface area contributed by atoms with E-state index < -0.39 is 0 Å². The number of nitrogens with zero attached hydrogens (tertiary/aromatic N) is 1. The van der Waals surface area contributed by atoms with Gasteiger partial charge < -0.3 is 10.2 Å². The van der Waals surface area contributed by atoms with Crippen LogP contribution in [0.25, 0.3) is 0 Å². The van der Waals surface area contributed by atoms with Gasteiger partial charge in [0.2, 0.25) is 5.91 Å². The lowest BCUT2D eigenvalue weighted by molar-refractivity contribution is -0.115. The van der Waals surface area contributed by atoms with E-state index in [1.165, 1.54) is 11.1 Å². The monoisotopic (exact) mass is 328 g/mol. The van der Waals surface area contributed by atoms with Crippen LogP contribution in [0.5, 0.6) is 0 Å². The van der Waals surface area contributed by atoms with Crippen LogP contribution in [0.1, 0.15) is 16.7 Å². The van der Waals surface area contributed by atoms with Gasteiger partial charge in [0.15, 0.2) is 0 Å². The Bertz CT molecular complexity index is 834. The maximum Gasteiger partial charge on any atom is 0.228 e. The summed E-state index contributed by atoms with van der Waals surface area (Å²) in [5, 5.41) is 2.95. The highest BCUT2D eigenvalue weighted by Gasteiger charge is 2.23. The van der Waals surface area contributed by atoms with Gasteiger partial charge in [-0.2, -0.15) is 0 Å². The number of benzene rings is 3. The van der Waals surface area contributed by atoms with Crippen LogP contribution < -0.4 is 10.2 Å². The zero-order valence-electron chi connectivity index (χ0n) is 14.0. The molecule has 0 bridgehead atoms. The van der Waals surface area contributed by atoms with Gasteiger partial charge in [0.25, 0.3) is 0 Å². The molecule has 0 radical (unpaired) electrons. The van der Waals surface area contributed by atoms with Crippen LogP contribution in [0.4, 0.5) is 11.4 Å². The Morgan fingerprint density at radius 1 is 0.760 bits per heavy atom. The molecule has 25 heavy (non-hydrogen) atoms. The number of amides is 1. The molecule has 0 aromatic heterocycles. The van der Waals surface area contributed by atoms with Crippen molar-refractivity contribution in [2.75, 3.05) is 10.2 Å². The highest BCUT2D eigenvalue weighted by molar-refractivity contribution is 6.01. The number of nitrogens with one attached hydrogen (secondary N) is 1. The minimum atomic E-state index is 0.0711. The highest BCUT2D eigenvalue weighted by atomic mass is 16.1. The van der Waals surface area contributed by atoms with Crippen molar-refractivity contribution < 1.29 is 4.79 Å². The van der Waals surface area contributed by atoms with Crippen LogP contribution in [0.15, 0.2) is 78.9 Å². The highest BCUT2D eigenvalue weighted by Crippen LogP contribution is 2.34. The molecule has 1 N–H and O–H groups in total. The summed E-state index contributed by atoms with van der Waals surface area (Å²) in [5.74, 6) is 0.0711. The van der Waals surface area contributed by atoms with Crippen molar-refractivity contribution in [2.45, 2.75) is 19.5 Å². The van der Waals surface area contributed by atoms with Crippen molar-refractivity contribution in [2.24, 2.45) is 0 Å². The molecule has 124 valence electrons. The van der Waals surface area contributed by atoms with E-state index >= 15 is 0 Å². The minimum absolute atomic E-state index is 0.0711. The SMILES string of the molecule is O=C1Cc2c(cccc2N(Cc2ccccc2)Cc2ccccc2)N1. The smallest absolute Gasteiger partial charge is 0.228 e. The second-order valence-electron chi connectivity index (χ2n) is 6.36. The second-order valence-corrected chi connectivity index (χ2v) is 6.36. The molecule has 1 amide bonds. The second kappa shape index (κ2) is 6.81. The molecule has 0 spiro atoms. The Hall–Kier alpha value is -3.07. The first-order chi connectivity index (χ1) is 12.3. The van der Waals surface area contributed by atoms with E-state index in [2.05, 4.69) is 64.8 Å². The number of carbonyl (C=O) groups excluding carboxylic acids is 1. The summed E-state index contributed by atoms with van der Waals surface area (Å²) >= 11 is 0. The third-order valence-corrected chi connectivity index (χ3v) is 4.54. The maximum absolute atomic E-state index is 11.9. The lowest BCUT2D eigenvalue weighted by atomic mass is 10.1. The van der Waals surface area contributed by atoms with Gasteiger partial charge in [-0.05, 0) is 23.3 Å². The number of carbonyl (C=O) groups is 1. The number of anilines is 2. The van der Waals surface area contributed by atoms with Gasteiger partial charge in [0.05, 0.1) is 6.42 Å². The Kier molecular flexibility index (Phi) is 4.21. The molecular weight excluding hydrogens is 308 g/mol. The Morgan fingerprint density at radius 2 is 1.36 bits per heavy atom. The Labute approximate surface area is 147 Å². The molecule has 0 saturated heterocycles. The zero-order chi connectivity index (χ0) is 17.1. The van der Waals surface area contributed by atoms with Gasteiger partial charge in [-0.1, -0.05) is 66.7 Å². The van der Waals surface area contributed by atoms with Crippen LogP contribution in [-0.4, -0.2) is 5.91 Å². The standard InChI is InChI=1S/C22H20N2O/c25-22-14-19-20(23-22)12-7-13-21(19)24(15-17-8-3-1-4-9-17)16-18-10-5-2-6-11-18/h1-13H,14-16H2,(H,23,25).